The Morgan fingerprint density at radius 2 is 0.583 bits per heavy atom. The fourth-order valence-corrected chi connectivity index (χ4v) is 18.2. The molecule has 10 nitrogen and oxygen atoms in total. The SMILES string of the molecule is CC1(C)c2ccccc2-c2ccc(-c3cc4c5c(c3)n3c6cc7cc(-c8ccc9cc%10nc%11n(c%10cc9c8)c8cc(-c9cccc%10c9C(C)(C)c9ccccc9-%10)cc9c8n%11c8nc%10cc%11ccccc%11cc%10n98)ccc7cc6nc3n5c3nc5cc6ccccc6cc5n43)cc21. The van der Waals surface area contributed by atoms with Crippen LogP contribution in [0.4, 0.5) is 0 Å². The summed E-state index contributed by atoms with van der Waals surface area (Å²) in [4.78, 5) is 22.0. The van der Waals surface area contributed by atoms with Crippen LogP contribution in [0.5, 0.6) is 0 Å². The minimum atomic E-state index is -0.204. The molecule has 8 aromatic heterocycles. The van der Waals surface area contributed by atoms with Gasteiger partial charge in [-0.1, -0.05) is 179 Å². The van der Waals surface area contributed by atoms with Gasteiger partial charge < -0.3 is 0 Å². The van der Waals surface area contributed by atoms with Gasteiger partial charge in [0.15, 0.2) is 0 Å². The molecule has 10 heteroatoms. The van der Waals surface area contributed by atoms with Crippen molar-refractivity contribution in [2.24, 2.45) is 0 Å². The van der Waals surface area contributed by atoms with Crippen LogP contribution in [0.1, 0.15) is 49.9 Å². The minimum absolute atomic E-state index is 0.138. The largest absolute Gasteiger partial charge is 0.276 e. The molecule has 0 saturated carbocycles. The zero-order valence-electron chi connectivity index (χ0n) is 52.6. The highest BCUT2D eigenvalue weighted by molar-refractivity contribution is 6.12. The summed E-state index contributed by atoms with van der Waals surface area (Å²) in [6.45, 7) is 9.50. The van der Waals surface area contributed by atoms with Crippen molar-refractivity contribution in [3.05, 3.63) is 265 Å². The van der Waals surface area contributed by atoms with E-state index in [9.17, 15) is 0 Å². The normalized spacial score (nSPS) is 14.4. The number of hydrogen-bond acceptors (Lipinski definition) is 4. The molecule has 0 fully saturated rings. The predicted molar refractivity (Wildman–Crippen MR) is 392 cm³/mol. The van der Waals surface area contributed by atoms with Gasteiger partial charge in [0.2, 0.25) is 23.1 Å². The van der Waals surface area contributed by atoms with Crippen molar-refractivity contribution in [1.29, 1.82) is 0 Å². The molecule has 0 radical (unpaired) electrons. The first kappa shape index (κ1) is 50.2. The Kier molecular flexibility index (Phi) is 8.72. The summed E-state index contributed by atoms with van der Waals surface area (Å²) in [5.41, 5.74) is 32.1. The molecule has 2 aliphatic carbocycles. The van der Waals surface area contributed by atoms with Crippen molar-refractivity contribution in [2.75, 3.05) is 0 Å². The van der Waals surface area contributed by atoms with E-state index in [1.807, 2.05) is 0 Å². The van der Waals surface area contributed by atoms with E-state index in [-0.39, 0.29) is 10.8 Å². The topological polar surface area (TPSA) is 78.0 Å². The quantitative estimate of drug-likeness (QED) is 0.177. The van der Waals surface area contributed by atoms with E-state index >= 15 is 0 Å². The number of imidazole rings is 8. The molecule has 8 heterocycles. The van der Waals surface area contributed by atoms with E-state index in [0.717, 1.165) is 139 Å². The lowest BCUT2D eigenvalue weighted by Gasteiger charge is -2.24. The maximum absolute atomic E-state index is 5.56. The monoisotopic (exact) mass is 1220 g/mol. The van der Waals surface area contributed by atoms with Crippen LogP contribution in [0, 0.1) is 0 Å². The Labute approximate surface area is 545 Å². The summed E-state index contributed by atoms with van der Waals surface area (Å²) in [6.07, 6.45) is 0. The molecule has 0 spiro atoms. The van der Waals surface area contributed by atoms with Gasteiger partial charge in [0.05, 0.1) is 66.2 Å². The first-order chi connectivity index (χ1) is 47.0. The Bertz CT molecular complexity index is 7400. The van der Waals surface area contributed by atoms with Crippen LogP contribution in [-0.4, -0.2) is 46.3 Å². The maximum Gasteiger partial charge on any atom is 0.223 e. The summed E-state index contributed by atoms with van der Waals surface area (Å²) in [5.74, 6) is 3.41. The molecule has 0 N–H and O–H groups in total. The number of fused-ring (bicyclic) bond motifs is 30. The molecule has 22 aromatic rings. The van der Waals surface area contributed by atoms with Crippen molar-refractivity contribution in [3.8, 4) is 55.6 Å². The highest BCUT2D eigenvalue weighted by Crippen LogP contribution is 2.54. The first-order valence-electron chi connectivity index (χ1n) is 33.3. The average Bonchev–Trinajstić information content (AvgIpc) is 1.52. The lowest BCUT2D eigenvalue weighted by atomic mass is 9.79. The van der Waals surface area contributed by atoms with E-state index in [4.69, 9.17) is 19.9 Å². The second-order valence-corrected chi connectivity index (χ2v) is 28.4. The molecule has 446 valence electrons. The fourth-order valence-electron chi connectivity index (χ4n) is 18.2. The number of benzene rings is 14. The van der Waals surface area contributed by atoms with Gasteiger partial charge in [-0.05, 0) is 212 Å². The van der Waals surface area contributed by atoms with Crippen LogP contribution >= 0.6 is 0 Å². The van der Waals surface area contributed by atoms with E-state index < -0.39 is 0 Å². The lowest BCUT2D eigenvalue weighted by Crippen LogP contribution is -2.16. The van der Waals surface area contributed by atoms with Crippen molar-refractivity contribution in [1.82, 2.24) is 46.3 Å². The molecule has 0 amide bonds. The first-order valence-corrected chi connectivity index (χ1v) is 33.3. The van der Waals surface area contributed by atoms with E-state index in [1.165, 1.54) is 82.7 Å². The molecule has 0 saturated heterocycles. The summed E-state index contributed by atoms with van der Waals surface area (Å²) < 4.78 is 14.1. The van der Waals surface area contributed by atoms with Gasteiger partial charge in [-0.15, -0.1) is 0 Å². The third-order valence-electron chi connectivity index (χ3n) is 22.7. The summed E-state index contributed by atoms with van der Waals surface area (Å²) >= 11 is 0. The van der Waals surface area contributed by atoms with Crippen LogP contribution < -0.4 is 0 Å². The van der Waals surface area contributed by atoms with Crippen LogP contribution in [0.2, 0.25) is 0 Å². The average molecular weight is 1230 g/mol. The second-order valence-electron chi connectivity index (χ2n) is 28.4. The molecule has 24 rings (SSSR count). The number of aromatic nitrogens is 10. The molecule has 96 heavy (non-hydrogen) atoms. The minimum Gasteiger partial charge on any atom is -0.276 e. The number of hydrogen-bond donors (Lipinski definition) is 0. The fraction of sp³-hybridized carbons (Fsp3) is 0.0698. The van der Waals surface area contributed by atoms with Crippen LogP contribution in [-0.2, 0) is 10.8 Å². The van der Waals surface area contributed by atoms with Crippen LogP contribution in [0.25, 0.3) is 199 Å². The zero-order chi connectivity index (χ0) is 62.7. The molecular weight excluding hydrogens is 1170 g/mol. The van der Waals surface area contributed by atoms with Crippen molar-refractivity contribution < 1.29 is 0 Å². The molecular formula is C86H52N10. The van der Waals surface area contributed by atoms with E-state index in [0.29, 0.717) is 0 Å². The van der Waals surface area contributed by atoms with Gasteiger partial charge in [0.25, 0.3) is 0 Å². The zero-order valence-corrected chi connectivity index (χ0v) is 52.6. The second kappa shape index (κ2) is 16.7. The maximum atomic E-state index is 5.56. The number of nitrogens with zero attached hydrogens (tertiary/aromatic N) is 10. The molecule has 0 bridgehead atoms. The van der Waals surface area contributed by atoms with Crippen molar-refractivity contribution in [3.63, 3.8) is 0 Å². The van der Waals surface area contributed by atoms with Gasteiger partial charge >= 0.3 is 0 Å². The molecule has 14 aromatic carbocycles. The van der Waals surface area contributed by atoms with Crippen LogP contribution in [0.3, 0.4) is 0 Å². The van der Waals surface area contributed by atoms with Crippen molar-refractivity contribution >= 4 is 143 Å². The molecule has 0 aliphatic heterocycles. The predicted octanol–water partition coefficient (Wildman–Crippen LogP) is 20.8. The summed E-state index contributed by atoms with van der Waals surface area (Å²) in [5, 5.41) is 9.28. The standard InChI is InChI=1S/C86H52N10/c1-85(2)63-22-11-9-18-59(63)61-29-28-51(32-65(61)85)56-41-74-79-75(42-56)93-72-39-54-30-49(24-26-52(54)35-68(72)89-83(93)95(79)81-87-66-33-45-14-5-7-16-47(45)37-70(66)91(74)81)50-25-27-53-36-69-73(40-55(53)31-50)94-77-44-57(58-20-13-21-62-60-19-10-12-23-64(60)86(3,4)78(58)62)43-76-80(77)96(84(94)90-69)82-88-67-34-46-15-6-8-17-48(46)38-71(67)92(76)82/h5-44H,1-4H3. The molecule has 0 unspecified atom stereocenters. The third kappa shape index (κ3) is 6.03. The highest BCUT2D eigenvalue weighted by Gasteiger charge is 2.39. The van der Waals surface area contributed by atoms with Gasteiger partial charge in [0.1, 0.15) is 11.0 Å². The van der Waals surface area contributed by atoms with Gasteiger partial charge in [-0.2, -0.15) is 0 Å². The van der Waals surface area contributed by atoms with Crippen LogP contribution in [0.15, 0.2) is 243 Å². The summed E-state index contributed by atoms with van der Waals surface area (Å²) in [6, 6.07) is 90.7. The smallest absolute Gasteiger partial charge is 0.223 e. The Hall–Kier alpha value is -12.4. The Balaban J connectivity index is 0.695. The van der Waals surface area contributed by atoms with Gasteiger partial charge in [-0.3, -0.25) is 17.6 Å². The number of rotatable bonds is 3. The summed E-state index contributed by atoms with van der Waals surface area (Å²) in [7, 11) is 0. The Morgan fingerprint density at radius 1 is 0.229 bits per heavy atom. The van der Waals surface area contributed by atoms with Gasteiger partial charge in [0, 0.05) is 10.8 Å². The third-order valence-corrected chi connectivity index (χ3v) is 22.7. The van der Waals surface area contributed by atoms with Crippen molar-refractivity contribution in [2.45, 2.75) is 38.5 Å². The molecule has 2 aliphatic rings. The van der Waals surface area contributed by atoms with Gasteiger partial charge in [-0.25, -0.2) is 28.7 Å². The molecule has 0 atom stereocenters. The highest BCUT2D eigenvalue weighted by atomic mass is 15.3. The Morgan fingerprint density at radius 3 is 1.07 bits per heavy atom. The lowest BCUT2D eigenvalue weighted by molar-refractivity contribution is 0.660. The van der Waals surface area contributed by atoms with E-state index in [2.05, 4.69) is 297 Å². The van der Waals surface area contributed by atoms with E-state index in [1.54, 1.807) is 0 Å².